The van der Waals surface area contributed by atoms with Crippen LogP contribution in [0.5, 0.6) is 0 Å². The first-order chi connectivity index (χ1) is 31.2. The zero-order valence-electron chi connectivity index (χ0n) is 34.1. The second kappa shape index (κ2) is 15.2. The Morgan fingerprint density at radius 2 is 0.698 bits per heavy atom. The van der Waals surface area contributed by atoms with E-state index < -0.39 is 0 Å². The van der Waals surface area contributed by atoms with Crippen molar-refractivity contribution in [1.29, 1.82) is 0 Å². The minimum Gasteiger partial charge on any atom is -0.309 e. The van der Waals surface area contributed by atoms with Gasteiger partial charge in [-0.25, -0.2) is 19.9 Å². The van der Waals surface area contributed by atoms with Gasteiger partial charge in [-0.2, -0.15) is 0 Å². The third kappa shape index (κ3) is 6.51. The quantitative estimate of drug-likeness (QED) is 0.151. The third-order valence-corrected chi connectivity index (χ3v) is 12.0. The van der Waals surface area contributed by atoms with Crippen molar-refractivity contribution in [2.75, 3.05) is 0 Å². The zero-order chi connectivity index (χ0) is 41.7. The minimum atomic E-state index is 0.627. The van der Waals surface area contributed by atoms with Crippen LogP contribution in [0.2, 0.25) is 0 Å². The molecule has 294 valence electrons. The summed E-state index contributed by atoms with van der Waals surface area (Å²) in [7, 11) is 0. The van der Waals surface area contributed by atoms with E-state index >= 15 is 0 Å². The number of benzene rings is 9. The number of para-hydroxylation sites is 2. The summed E-state index contributed by atoms with van der Waals surface area (Å²) in [5.41, 5.74) is 13.8. The standard InChI is InChI=1S/C58H37N5/c1-5-15-38(16-6-1)39-25-29-43(30-26-39)57-60-56(42-19-9-3-10-20-42)61-58(62-57)44-31-27-40(28-32-44)45-33-34-53-49(35-45)50-36-48-47-23-13-14-24-52(47)59-55(41-17-7-2-8-18-41)51(48)37-54(50)63(53)46-21-11-4-12-22-46/h1-37H. The second-order valence-electron chi connectivity index (χ2n) is 15.9. The molecule has 0 amide bonds. The molecule has 0 radical (unpaired) electrons. The molecule has 0 aliphatic carbocycles. The molecule has 5 heteroatoms. The van der Waals surface area contributed by atoms with Gasteiger partial charge in [0.15, 0.2) is 17.5 Å². The van der Waals surface area contributed by atoms with Crippen LogP contribution >= 0.6 is 0 Å². The van der Waals surface area contributed by atoms with Crippen LogP contribution in [-0.4, -0.2) is 24.5 Å². The van der Waals surface area contributed by atoms with Crippen molar-refractivity contribution in [3.63, 3.8) is 0 Å². The number of hydrogen-bond donors (Lipinski definition) is 0. The highest BCUT2D eigenvalue weighted by Gasteiger charge is 2.19. The van der Waals surface area contributed by atoms with Crippen LogP contribution in [0.1, 0.15) is 0 Å². The molecule has 0 fully saturated rings. The van der Waals surface area contributed by atoms with E-state index in [0.717, 1.165) is 77.6 Å². The topological polar surface area (TPSA) is 56.5 Å². The lowest BCUT2D eigenvalue weighted by molar-refractivity contribution is 1.07. The highest BCUT2D eigenvalue weighted by molar-refractivity contribution is 6.20. The molecule has 0 spiro atoms. The Morgan fingerprint density at radius 3 is 1.32 bits per heavy atom. The van der Waals surface area contributed by atoms with Crippen molar-refractivity contribution in [3.05, 3.63) is 224 Å². The summed E-state index contributed by atoms with van der Waals surface area (Å²) in [5.74, 6) is 1.90. The van der Waals surface area contributed by atoms with Crippen LogP contribution in [0.15, 0.2) is 224 Å². The van der Waals surface area contributed by atoms with Gasteiger partial charge in [0.05, 0.1) is 22.2 Å². The maximum atomic E-state index is 5.25. The van der Waals surface area contributed by atoms with Crippen LogP contribution in [0, 0.1) is 0 Å². The molecular formula is C58H37N5. The van der Waals surface area contributed by atoms with Crippen molar-refractivity contribution in [3.8, 4) is 73.4 Å². The number of nitrogens with zero attached hydrogens (tertiary/aromatic N) is 5. The van der Waals surface area contributed by atoms with E-state index in [1.54, 1.807) is 0 Å². The average Bonchev–Trinajstić information content (AvgIpc) is 3.69. The molecule has 0 atom stereocenters. The number of pyridine rings is 1. The maximum absolute atomic E-state index is 5.25. The smallest absolute Gasteiger partial charge is 0.164 e. The molecule has 0 N–H and O–H groups in total. The summed E-state index contributed by atoms with van der Waals surface area (Å²) in [6.45, 7) is 0. The molecule has 0 saturated heterocycles. The van der Waals surface area contributed by atoms with Gasteiger partial charge in [-0.15, -0.1) is 0 Å². The predicted molar refractivity (Wildman–Crippen MR) is 260 cm³/mol. The largest absolute Gasteiger partial charge is 0.309 e. The number of fused-ring (bicyclic) bond motifs is 6. The van der Waals surface area contributed by atoms with E-state index in [-0.39, 0.29) is 0 Å². The molecule has 0 aliphatic rings. The maximum Gasteiger partial charge on any atom is 0.164 e. The Labute approximate surface area is 364 Å². The molecule has 9 aromatic carbocycles. The Morgan fingerprint density at radius 1 is 0.254 bits per heavy atom. The lowest BCUT2D eigenvalue weighted by Gasteiger charge is -2.12. The van der Waals surface area contributed by atoms with Crippen LogP contribution < -0.4 is 0 Å². The number of rotatable bonds is 7. The highest BCUT2D eigenvalue weighted by Crippen LogP contribution is 2.41. The van der Waals surface area contributed by atoms with E-state index in [1.807, 2.05) is 36.4 Å². The van der Waals surface area contributed by atoms with Gasteiger partial charge in [-0.3, -0.25) is 0 Å². The van der Waals surface area contributed by atoms with Gasteiger partial charge in [0.1, 0.15) is 0 Å². The summed E-state index contributed by atoms with van der Waals surface area (Å²) in [4.78, 5) is 20.3. The molecule has 12 aromatic rings. The van der Waals surface area contributed by atoms with Crippen molar-refractivity contribution in [2.45, 2.75) is 0 Å². The van der Waals surface area contributed by atoms with Gasteiger partial charge in [-0.1, -0.05) is 182 Å². The Hall–Kier alpha value is -8.54. The monoisotopic (exact) mass is 803 g/mol. The fourth-order valence-electron chi connectivity index (χ4n) is 8.92. The Kier molecular flexibility index (Phi) is 8.75. The lowest BCUT2D eigenvalue weighted by Crippen LogP contribution is -2.00. The second-order valence-corrected chi connectivity index (χ2v) is 15.9. The molecule has 3 heterocycles. The fraction of sp³-hybridized carbons (Fsp3) is 0. The van der Waals surface area contributed by atoms with E-state index in [4.69, 9.17) is 19.9 Å². The molecule has 0 bridgehead atoms. The van der Waals surface area contributed by atoms with Crippen LogP contribution in [0.25, 0.3) is 117 Å². The van der Waals surface area contributed by atoms with E-state index in [9.17, 15) is 0 Å². The first-order valence-electron chi connectivity index (χ1n) is 21.2. The summed E-state index contributed by atoms with van der Waals surface area (Å²) in [6, 6.07) is 78.8. The summed E-state index contributed by atoms with van der Waals surface area (Å²) in [6.07, 6.45) is 0. The summed E-state index contributed by atoms with van der Waals surface area (Å²) < 4.78 is 2.39. The van der Waals surface area contributed by atoms with Gasteiger partial charge in [0, 0.05) is 49.5 Å². The van der Waals surface area contributed by atoms with Gasteiger partial charge in [0.2, 0.25) is 0 Å². The SMILES string of the molecule is c1ccc(-c2ccc(-c3nc(-c4ccccc4)nc(-c4ccc(-c5ccc6c(c5)c5cc7c(cc5n6-c5ccccc5)c(-c5ccccc5)nc5ccccc57)cc4)n3)cc2)cc1. The van der Waals surface area contributed by atoms with Crippen molar-refractivity contribution in [1.82, 2.24) is 24.5 Å². The molecule has 0 aliphatic heterocycles. The van der Waals surface area contributed by atoms with Crippen molar-refractivity contribution in [2.24, 2.45) is 0 Å². The highest BCUT2D eigenvalue weighted by atomic mass is 15.0. The van der Waals surface area contributed by atoms with E-state index in [1.165, 1.54) is 21.7 Å². The van der Waals surface area contributed by atoms with Crippen molar-refractivity contribution >= 4 is 43.5 Å². The molecule has 5 nitrogen and oxygen atoms in total. The van der Waals surface area contributed by atoms with E-state index in [2.05, 4.69) is 193 Å². The Balaban J connectivity index is 0.984. The van der Waals surface area contributed by atoms with Gasteiger partial charge >= 0.3 is 0 Å². The summed E-state index contributed by atoms with van der Waals surface area (Å²) in [5, 5.41) is 5.84. The average molecular weight is 804 g/mol. The fourth-order valence-corrected chi connectivity index (χ4v) is 8.92. The third-order valence-electron chi connectivity index (χ3n) is 12.0. The normalized spacial score (nSPS) is 11.5. The van der Waals surface area contributed by atoms with Gasteiger partial charge in [-0.05, 0) is 70.1 Å². The number of hydrogen-bond acceptors (Lipinski definition) is 4. The molecular weight excluding hydrogens is 767 g/mol. The van der Waals surface area contributed by atoms with E-state index in [0.29, 0.717) is 17.5 Å². The number of aromatic nitrogens is 5. The summed E-state index contributed by atoms with van der Waals surface area (Å²) >= 11 is 0. The van der Waals surface area contributed by atoms with Crippen LogP contribution in [-0.2, 0) is 0 Å². The Bertz CT molecular complexity index is 3620. The molecule has 0 unspecified atom stereocenters. The lowest BCUT2D eigenvalue weighted by atomic mass is 9.97. The van der Waals surface area contributed by atoms with Crippen LogP contribution in [0.3, 0.4) is 0 Å². The molecule has 0 saturated carbocycles. The minimum absolute atomic E-state index is 0.627. The first-order valence-corrected chi connectivity index (χ1v) is 21.2. The zero-order valence-corrected chi connectivity index (χ0v) is 34.1. The van der Waals surface area contributed by atoms with Crippen LogP contribution in [0.4, 0.5) is 0 Å². The molecule has 3 aromatic heterocycles. The molecule has 63 heavy (non-hydrogen) atoms. The van der Waals surface area contributed by atoms with Gasteiger partial charge < -0.3 is 4.57 Å². The van der Waals surface area contributed by atoms with Crippen molar-refractivity contribution < 1.29 is 0 Å². The molecule has 12 rings (SSSR count). The first kappa shape index (κ1) is 36.3. The predicted octanol–water partition coefficient (Wildman–Crippen LogP) is 14.7. The van der Waals surface area contributed by atoms with Gasteiger partial charge in [0.25, 0.3) is 0 Å².